The number of carbonyl (C=O) groups excluding carboxylic acids is 1. The van der Waals surface area contributed by atoms with Gasteiger partial charge in [0.05, 0.1) is 5.69 Å². The number of hydrogen-bond donors (Lipinski definition) is 1. The number of anilines is 2. The third-order valence-corrected chi connectivity index (χ3v) is 4.06. The molecule has 1 aliphatic heterocycles. The largest absolute Gasteiger partial charge is 0.375 e. The lowest BCUT2D eigenvalue weighted by Crippen LogP contribution is -2.31. The zero-order valence-electron chi connectivity index (χ0n) is 13.9. The van der Waals surface area contributed by atoms with Crippen molar-refractivity contribution in [2.24, 2.45) is 0 Å². The number of amides is 1. The highest BCUT2D eigenvalue weighted by atomic mass is 16.5. The lowest BCUT2D eigenvalue weighted by Gasteiger charge is -2.16. The van der Waals surface area contributed by atoms with Gasteiger partial charge in [0.1, 0.15) is 12.4 Å². The Morgan fingerprint density at radius 1 is 1.38 bits per heavy atom. The molecule has 7 nitrogen and oxygen atoms in total. The number of likely N-dealkylation sites (tertiary alicyclic amines) is 1. The minimum atomic E-state index is 0.0243. The van der Waals surface area contributed by atoms with Gasteiger partial charge < -0.3 is 15.0 Å². The van der Waals surface area contributed by atoms with Crippen LogP contribution in [0.1, 0.15) is 23.6 Å². The monoisotopic (exact) mass is 327 g/mol. The Hall–Kier alpha value is -2.54. The number of rotatable bonds is 5. The summed E-state index contributed by atoms with van der Waals surface area (Å²) in [4.78, 5) is 26.9. The van der Waals surface area contributed by atoms with E-state index in [0.29, 0.717) is 18.3 Å². The number of nitrogens with one attached hydrogen (secondary N) is 1. The molecule has 0 aliphatic carbocycles. The van der Waals surface area contributed by atoms with Crippen molar-refractivity contribution in [1.29, 1.82) is 0 Å². The quantitative estimate of drug-likeness (QED) is 0.903. The Labute approximate surface area is 141 Å². The van der Waals surface area contributed by atoms with Crippen molar-refractivity contribution in [2.75, 3.05) is 32.1 Å². The molecule has 2 aromatic heterocycles. The summed E-state index contributed by atoms with van der Waals surface area (Å²) < 4.78 is 4.92. The molecule has 0 saturated carbocycles. The highest BCUT2D eigenvalue weighted by Crippen LogP contribution is 2.26. The summed E-state index contributed by atoms with van der Waals surface area (Å²) in [7, 11) is 1.53. The van der Waals surface area contributed by atoms with Crippen LogP contribution in [0.3, 0.4) is 0 Å². The molecule has 1 N–H and O–H groups in total. The molecular formula is C17H21N5O2. The molecule has 0 bridgehead atoms. The third kappa shape index (κ3) is 3.86. The molecule has 1 fully saturated rings. The number of nitrogens with zero attached hydrogens (tertiary/aromatic N) is 4. The molecule has 3 rings (SSSR count). The molecule has 0 spiro atoms. The number of pyridine rings is 1. The number of hydrogen-bond acceptors (Lipinski definition) is 6. The first-order chi connectivity index (χ1) is 11.7. The van der Waals surface area contributed by atoms with E-state index in [1.165, 1.54) is 7.11 Å². The Morgan fingerprint density at radius 2 is 2.25 bits per heavy atom. The fourth-order valence-electron chi connectivity index (χ4n) is 2.76. The Kier molecular flexibility index (Phi) is 5.00. The lowest BCUT2D eigenvalue weighted by atomic mass is 10.1. The van der Waals surface area contributed by atoms with Crippen molar-refractivity contribution < 1.29 is 9.53 Å². The van der Waals surface area contributed by atoms with E-state index in [1.54, 1.807) is 12.4 Å². The van der Waals surface area contributed by atoms with Gasteiger partial charge in [0.2, 0.25) is 11.9 Å². The van der Waals surface area contributed by atoms with E-state index < -0.39 is 0 Å². The zero-order valence-corrected chi connectivity index (χ0v) is 13.9. The van der Waals surface area contributed by atoms with Gasteiger partial charge in [0.15, 0.2) is 0 Å². The number of carbonyl (C=O) groups is 1. The van der Waals surface area contributed by atoms with E-state index in [4.69, 9.17) is 4.74 Å². The standard InChI is InChI=1S/C17H21N5O2/c1-12-3-4-15(19-9-12)21-17-18-7-5-14(20-17)13-6-8-22(10-13)16(23)11-24-2/h3-5,7,9,13H,6,8,10-11H2,1-2H3,(H,18,19,20,21)/t13-/m1/s1. The summed E-state index contributed by atoms with van der Waals surface area (Å²) >= 11 is 0. The molecule has 1 saturated heterocycles. The number of ether oxygens (including phenoxy) is 1. The second-order valence-corrected chi connectivity index (χ2v) is 5.91. The maximum atomic E-state index is 11.9. The first-order valence-corrected chi connectivity index (χ1v) is 7.95. The molecule has 0 aromatic carbocycles. The minimum absolute atomic E-state index is 0.0243. The minimum Gasteiger partial charge on any atom is -0.375 e. The molecule has 1 atom stereocenters. The van der Waals surface area contributed by atoms with Crippen LogP contribution in [-0.4, -0.2) is 52.6 Å². The maximum Gasteiger partial charge on any atom is 0.248 e. The Bertz CT molecular complexity index is 704. The normalized spacial score (nSPS) is 17.1. The molecule has 0 unspecified atom stereocenters. The zero-order chi connectivity index (χ0) is 16.9. The predicted molar refractivity (Wildman–Crippen MR) is 90.1 cm³/mol. The van der Waals surface area contributed by atoms with Gasteiger partial charge in [-0.1, -0.05) is 6.07 Å². The fraction of sp³-hybridized carbons (Fsp3) is 0.412. The molecule has 126 valence electrons. The lowest BCUT2D eigenvalue weighted by molar-refractivity contribution is -0.134. The van der Waals surface area contributed by atoms with Gasteiger partial charge in [-0.2, -0.15) is 0 Å². The van der Waals surface area contributed by atoms with Gasteiger partial charge in [0, 0.05) is 38.5 Å². The van der Waals surface area contributed by atoms with Crippen molar-refractivity contribution >= 4 is 17.7 Å². The van der Waals surface area contributed by atoms with E-state index in [9.17, 15) is 4.79 Å². The number of methoxy groups -OCH3 is 1. The second-order valence-electron chi connectivity index (χ2n) is 5.91. The van der Waals surface area contributed by atoms with Gasteiger partial charge in [-0.25, -0.2) is 15.0 Å². The van der Waals surface area contributed by atoms with Crippen LogP contribution in [0.15, 0.2) is 30.6 Å². The van der Waals surface area contributed by atoms with Crippen LogP contribution >= 0.6 is 0 Å². The molecule has 24 heavy (non-hydrogen) atoms. The predicted octanol–water partition coefficient (Wildman–Crippen LogP) is 1.89. The Morgan fingerprint density at radius 3 is 3.00 bits per heavy atom. The van der Waals surface area contributed by atoms with Crippen molar-refractivity contribution in [3.63, 3.8) is 0 Å². The van der Waals surface area contributed by atoms with E-state index in [1.807, 2.05) is 30.0 Å². The van der Waals surface area contributed by atoms with Gasteiger partial charge in [-0.05, 0) is 31.0 Å². The van der Waals surface area contributed by atoms with E-state index in [0.717, 1.165) is 24.2 Å². The highest BCUT2D eigenvalue weighted by Gasteiger charge is 2.28. The number of aromatic nitrogens is 3. The van der Waals surface area contributed by atoms with Crippen LogP contribution in [0, 0.1) is 6.92 Å². The number of aryl methyl sites for hydroxylation is 1. The smallest absolute Gasteiger partial charge is 0.248 e. The van der Waals surface area contributed by atoms with Gasteiger partial charge in [-0.15, -0.1) is 0 Å². The van der Waals surface area contributed by atoms with Crippen LogP contribution in [-0.2, 0) is 9.53 Å². The van der Waals surface area contributed by atoms with Crippen LogP contribution < -0.4 is 5.32 Å². The molecule has 1 aliphatic rings. The van der Waals surface area contributed by atoms with Crippen molar-refractivity contribution in [2.45, 2.75) is 19.3 Å². The SMILES string of the molecule is COCC(=O)N1CC[C@@H](c2ccnc(Nc3ccc(C)cn3)n2)C1. The average Bonchev–Trinajstić information content (AvgIpc) is 3.08. The molecule has 1 amide bonds. The van der Waals surface area contributed by atoms with Crippen LogP contribution in [0.4, 0.5) is 11.8 Å². The van der Waals surface area contributed by atoms with Crippen LogP contribution in [0.25, 0.3) is 0 Å². The molecule has 7 heteroatoms. The Balaban J connectivity index is 1.67. The van der Waals surface area contributed by atoms with Crippen LogP contribution in [0.5, 0.6) is 0 Å². The van der Waals surface area contributed by atoms with Gasteiger partial charge in [-0.3, -0.25) is 4.79 Å². The first kappa shape index (κ1) is 16.3. The third-order valence-electron chi connectivity index (χ3n) is 4.06. The van der Waals surface area contributed by atoms with Crippen LogP contribution in [0.2, 0.25) is 0 Å². The highest BCUT2D eigenvalue weighted by molar-refractivity contribution is 5.77. The second kappa shape index (κ2) is 7.35. The van der Waals surface area contributed by atoms with Crippen molar-refractivity contribution in [3.8, 4) is 0 Å². The van der Waals surface area contributed by atoms with Crippen molar-refractivity contribution in [3.05, 3.63) is 41.9 Å². The fourth-order valence-corrected chi connectivity index (χ4v) is 2.76. The summed E-state index contributed by atoms with van der Waals surface area (Å²) in [6, 6.07) is 5.78. The summed E-state index contributed by atoms with van der Waals surface area (Å²) in [6.07, 6.45) is 4.43. The molecular weight excluding hydrogens is 306 g/mol. The molecule has 0 radical (unpaired) electrons. The van der Waals surface area contributed by atoms with E-state index in [-0.39, 0.29) is 18.4 Å². The van der Waals surface area contributed by atoms with Gasteiger partial charge >= 0.3 is 0 Å². The molecule has 3 heterocycles. The summed E-state index contributed by atoms with van der Waals surface area (Å²) in [5.74, 6) is 1.48. The van der Waals surface area contributed by atoms with Crippen molar-refractivity contribution in [1.82, 2.24) is 19.9 Å². The first-order valence-electron chi connectivity index (χ1n) is 7.95. The topological polar surface area (TPSA) is 80.2 Å². The van der Waals surface area contributed by atoms with E-state index >= 15 is 0 Å². The summed E-state index contributed by atoms with van der Waals surface area (Å²) in [6.45, 7) is 3.52. The molecule has 2 aromatic rings. The maximum absolute atomic E-state index is 11.9. The summed E-state index contributed by atoms with van der Waals surface area (Å²) in [5.41, 5.74) is 2.04. The van der Waals surface area contributed by atoms with Gasteiger partial charge in [0.25, 0.3) is 0 Å². The summed E-state index contributed by atoms with van der Waals surface area (Å²) in [5, 5.41) is 3.12. The average molecular weight is 327 g/mol. The van der Waals surface area contributed by atoms with E-state index in [2.05, 4.69) is 20.3 Å².